The Labute approximate surface area is 139 Å². The van der Waals surface area contributed by atoms with Crippen LogP contribution in [-0.2, 0) is 0 Å². The Morgan fingerprint density at radius 3 is 0.800 bits per heavy atom. The van der Waals surface area contributed by atoms with Crippen molar-refractivity contribution in [1.29, 1.82) is 0 Å². The van der Waals surface area contributed by atoms with Gasteiger partial charge in [-0.3, -0.25) is 0 Å². The van der Waals surface area contributed by atoms with Crippen LogP contribution in [0.4, 0.5) is 0 Å². The number of hydrogen-bond acceptors (Lipinski definition) is 0. The van der Waals surface area contributed by atoms with Crippen molar-refractivity contribution in [3.05, 3.63) is 0 Å². The summed E-state index contributed by atoms with van der Waals surface area (Å²) in [6.45, 7) is 0. The molecule has 0 bridgehead atoms. The number of hydrogen-bond donors (Lipinski definition) is 0. The molecule has 2 radical (unpaired) electrons. The maximum atomic E-state index is 0. The predicted molar refractivity (Wildman–Crippen MR) is 14.5 cm³/mol. The molecule has 0 N–H and O–H groups in total. The first-order valence-electron chi connectivity index (χ1n) is 0. The van der Waals surface area contributed by atoms with E-state index < -0.39 is 0 Å². The van der Waals surface area contributed by atoms with Gasteiger partial charge in [0.05, 0.1) is 0 Å². The van der Waals surface area contributed by atoms with Gasteiger partial charge >= 0.3 is 0 Å². The van der Waals surface area contributed by atoms with Gasteiger partial charge < -0.3 is 0 Å². The maximum absolute atomic E-state index is 0. The Balaban J connectivity index is 0. The van der Waals surface area contributed by atoms with Crippen LogP contribution in [0.15, 0.2) is 0 Å². The SMILES string of the molecule is Cl.Cl.[Ce].[La].[Pr]. The Kier molecular flexibility index (Phi) is 160. The van der Waals surface area contributed by atoms with E-state index in [1.165, 1.54) is 0 Å². The molecule has 0 amide bonds. The van der Waals surface area contributed by atoms with Crippen molar-refractivity contribution in [2.24, 2.45) is 0 Å². The average Bonchev–Trinajstić information content (AvgIpc) is 0. The zero-order chi connectivity index (χ0) is 0. The molecule has 0 atom stereocenters. The van der Waals surface area contributed by atoms with Gasteiger partial charge in [-0.25, -0.2) is 0 Å². The molecule has 0 spiro atoms. The third kappa shape index (κ3) is 17.7. The summed E-state index contributed by atoms with van der Waals surface area (Å²) >= 11 is 0. The van der Waals surface area contributed by atoms with E-state index in [1.807, 2.05) is 0 Å². The summed E-state index contributed by atoms with van der Waals surface area (Å²) in [5, 5.41) is 0. The number of rotatable bonds is 0. The molecule has 5 heteroatoms. The molecule has 0 saturated carbocycles. The molecule has 0 aromatic carbocycles. The molecule has 0 nitrogen and oxygen atoms in total. The Hall–Kier alpha value is 4.52. The molecule has 0 fully saturated rings. The first-order chi connectivity index (χ1) is 0. The summed E-state index contributed by atoms with van der Waals surface area (Å²) in [5.74, 6) is 0. The first kappa shape index (κ1) is 33.8. The van der Waals surface area contributed by atoms with Crippen LogP contribution in [0, 0.1) is 119 Å². The van der Waals surface area contributed by atoms with Gasteiger partial charge in [0, 0.05) is 119 Å². The van der Waals surface area contributed by atoms with Crippen LogP contribution in [0.1, 0.15) is 0 Å². The second-order valence-corrected chi connectivity index (χ2v) is 0. The normalized spacial score (nSPS) is 0. The van der Waals surface area contributed by atoms with Crippen LogP contribution >= 0.6 is 24.8 Å². The standard InChI is InChI=1S/Ce.2ClH.La.Pr/h;2*1H;;. The largest absolute Gasteiger partial charge is 0.147 e. The van der Waals surface area contributed by atoms with Gasteiger partial charge in [-0.2, -0.15) is 0 Å². The topological polar surface area (TPSA) is 0 Å². The zero-order valence-electron chi connectivity index (χ0n) is 2.47. The van der Waals surface area contributed by atoms with E-state index in [1.54, 1.807) is 0 Å². The molecule has 0 aromatic heterocycles. The second kappa shape index (κ2) is 23.6. The van der Waals surface area contributed by atoms with Crippen LogP contribution in [0.5, 0.6) is 0 Å². The molecule has 26 valence electrons. The van der Waals surface area contributed by atoms with Crippen LogP contribution < -0.4 is 0 Å². The summed E-state index contributed by atoms with van der Waals surface area (Å²) in [4.78, 5) is 0. The van der Waals surface area contributed by atoms with Gasteiger partial charge in [-0.15, -0.1) is 24.8 Å². The van der Waals surface area contributed by atoms with E-state index in [0.717, 1.165) is 0 Å². The van der Waals surface area contributed by atoms with E-state index >= 15 is 0 Å². The van der Waals surface area contributed by atoms with E-state index in [-0.39, 0.29) is 143 Å². The van der Waals surface area contributed by atoms with E-state index in [0.29, 0.717) is 0 Å². The fraction of sp³-hybridized carbons (Fsp3) is 0. The van der Waals surface area contributed by atoms with Crippen LogP contribution in [0.3, 0.4) is 0 Å². The summed E-state index contributed by atoms with van der Waals surface area (Å²) in [6, 6.07) is 0. The molecular weight excluding hydrogens is 491 g/mol. The molecule has 0 aliphatic rings. The zero-order valence-corrected chi connectivity index (χ0v) is 14.6. The summed E-state index contributed by atoms with van der Waals surface area (Å²) in [5.41, 5.74) is 0. The van der Waals surface area contributed by atoms with Crippen molar-refractivity contribution in [2.75, 3.05) is 0 Å². The number of halogens is 2. The minimum Gasteiger partial charge on any atom is -0.147 e. The fourth-order valence-corrected chi connectivity index (χ4v) is 0. The van der Waals surface area contributed by atoms with Gasteiger partial charge in [0.25, 0.3) is 0 Å². The van der Waals surface area contributed by atoms with Crippen LogP contribution in [0.25, 0.3) is 0 Å². The van der Waals surface area contributed by atoms with E-state index in [2.05, 4.69) is 0 Å². The Morgan fingerprint density at radius 2 is 0.800 bits per heavy atom. The second-order valence-electron chi connectivity index (χ2n) is 0. The minimum absolute atomic E-state index is 0. The van der Waals surface area contributed by atoms with Gasteiger partial charge in [-0.1, -0.05) is 0 Å². The molecule has 0 unspecified atom stereocenters. The van der Waals surface area contributed by atoms with Crippen molar-refractivity contribution >= 4 is 24.8 Å². The van der Waals surface area contributed by atoms with Crippen LogP contribution in [0.2, 0.25) is 0 Å². The monoisotopic (exact) mass is 492 g/mol. The molecule has 0 aliphatic heterocycles. The van der Waals surface area contributed by atoms with Crippen molar-refractivity contribution in [3.8, 4) is 0 Å². The van der Waals surface area contributed by atoms with E-state index in [4.69, 9.17) is 0 Å². The van der Waals surface area contributed by atoms with Crippen molar-refractivity contribution in [3.63, 3.8) is 0 Å². The summed E-state index contributed by atoms with van der Waals surface area (Å²) in [6.07, 6.45) is 0. The van der Waals surface area contributed by atoms with Crippen molar-refractivity contribution < 1.29 is 119 Å². The molecule has 0 rings (SSSR count). The fourth-order valence-electron chi connectivity index (χ4n) is 0. The third-order valence-electron chi connectivity index (χ3n) is 0. The molecular formula is H2CeCl2LaPr. The Bertz CT molecular complexity index is 9.61. The molecule has 0 aromatic rings. The molecule has 0 aliphatic carbocycles. The van der Waals surface area contributed by atoms with Gasteiger partial charge in [-0.05, 0) is 0 Å². The minimum atomic E-state index is 0. The van der Waals surface area contributed by atoms with Crippen molar-refractivity contribution in [2.45, 2.75) is 0 Å². The summed E-state index contributed by atoms with van der Waals surface area (Å²) in [7, 11) is 0. The summed E-state index contributed by atoms with van der Waals surface area (Å²) < 4.78 is 0. The van der Waals surface area contributed by atoms with Gasteiger partial charge in [0.1, 0.15) is 0 Å². The molecule has 0 saturated heterocycles. The Morgan fingerprint density at radius 1 is 0.800 bits per heavy atom. The molecule has 0 heterocycles. The van der Waals surface area contributed by atoms with Gasteiger partial charge in [0.2, 0.25) is 0 Å². The van der Waals surface area contributed by atoms with E-state index in [9.17, 15) is 0 Å². The molecule has 5 heavy (non-hydrogen) atoms. The first-order valence-corrected chi connectivity index (χ1v) is 0. The van der Waals surface area contributed by atoms with Crippen molar-refractivity contribution in [1.82, 2.24) is 0 Å². The maximum Gasteiger partial charge on any atom is 0 e. The van der Waals surface area contributed by atoms with Gasteiger partial charge in [0.15, 0.2) is 0 Å². The predicted octanol–water partition coefficient (Wildman–Crippen LogP) is 0.844. The third-order valence-corrected chi connectivity index (χ3v) is 0. The van der Waals surface area contributed by atoms with Crippen LogP contribution in [-0.4, -0.2) is 0 Å². The smallest absolute Gasteiger partial charge is 0 e. The average molecular weight is 493 g/mol. The quantitative estimate of drug-likeness (QED) is 0.470.